The summed E-state index contributed by atoms with van der Waals surface area (Å²) in [6.07, 6.45) is 0. The van der Waals surface area contributed by atoms with E-state index in [-0.39, 0.29) is 17.9 Å². The second kappa shape index (κ2) is 6.88. The molecule has 1 amide bonds. The zero-order valence-electron chi connectivity index (χ0n) is 14.1. The first kappa shape index (κ1) is 17.3. The fraction of sp³-hybridized carbons (Fsp3) is 0.105. The van der Waals surface area contributed by atoms with Crippen molar-refractivity contribution < 1.29 is 9.53 Å². The molecule has 0 atom stereocenters. The predicted octanol–water partition coefficient (Wildman–Crippen LogP) is 2.93. The summed E-state index contributed by atoms with van der Waals surface area (Å²) in [5.41, 5.74) is 2.55. The van der Waals surface area contributed by atoms with Crippen molar-refractivity contribution in [2.75, 3.05) is 11.9 Å². The molecule has 0 aliphatic carbocycles. The smallest absolute Gasteiger partial charge is 0.287 e. The van der Waals surface area contributed by atoms with E-state index in [9.17, 15) is 9.59 Å². The van der Waals surface area contributed by atoms with Crippen molar-refractivity contribution in [1.29, 1.82) is 0 Å². The molecule has 1 aliphatic rings. The number of rotatable bonds is 3. The van der Waals surface area contributed by atoms with Gasteiger partial charge in [-0.1, -0.05) is 28.6 Å². The molecular formula is C19H15BrN4O3. The summed E-state index contributed by atoms with van der Waals surface area (Å²) in [5, 5.41) is 6.34. The third-order valence-corrected chi connectivity index (χ3v) is 4.59. The Bertz CT molecular complexity index is 1140. The van der Waals surface area contributed by atoms with Gasteiger partial charge in [-0.3, -0.25) is 9.59 Å². The Morgan fingerprint density at radius 3 is 3.00 bits per heavy atom. The van der Waals surface area contributed by atoms with Gasteiger partial charge in [0.2, 0.25) is 0 Å². The van der Waals surface area contributed by atoms with E-state index in [1.54, 1.807) is 18.2 Å². The maximum atomic E-state index is 12.4. The second-order valence-corrected chi connectivity index (χ2v) is 7.02. The highest BCUT2D eigenvalue weighted by molar-refractivity contribution is 9.10. The first-order chi connectivity index (χ1) is 13.0. The molecule has 3 N–H and O–H groups in total. The predicted molar refractivity (Wildman–Crippen MR) is 106 cm³/mol. The summed E-state index contributed by atoms with van der Waals surface area (Å²) in [6.45, 7) is 4.56. The van der Waals surface area contributed by atoms with Crippen molar-refractivity contribution in [3.63, 3.8) is 0 Å². The second-order valence-electron chi connectivity index (χ2n) is 6.11. The van der Waals surface area contributed by atoms with Crippen molar-refractivity contribution in [2.24, 2.45) is 0 Å². The number of amides is 1. The van der Waals surface area contributed by atoms with Crippen molar-refractivity contribution in [3.8, 4) is 5.75 Å². The number of hydrogen-bond acceptors (Lipinski definition) is 5. The number of carbonyl (C=O) groups excluding carboxylic acids is 1. The lowest BCUT2D eigenvalue weighted by Gasteiger charge is -2.21. The first-order valence-corrected chi connectivity index (χ1v) is 8.97. The van der Waals surface area contributed by atoms with Gasteiger partial charge in [0.05, 0.1) is 16.6 Å². The number of ether oxygens (including phenoxy) is 1. The summed E-state index contributed by atoms with van der Waals surface area (Å²) < 4.78 is 6.32. The monoisotopic (exact) mass is 426 g/mol. The van der Waals surface area contributed by atoms with Gasteiger partial charge in [0, 0.05) is 16.7 Å². The number of benzene rings is 2. The number of halogens is 1. The zero-order chi connectivity index (χ0) is 19.0. The van der Waals surface area contributed by atoms with E-state index in [1.165, 1.54) is 0 Å². The van der Waals surface area contributed by atoms with Crippen LogP contribution in [0, 0.1) is 0 Å². The molecule has 3 aromatic rings. The quantitative estimate of drug-likeness (QED) is 0.598. The molecule has 0 radical (unpaired) electrons. The van der Waals surface area contributed by atoms with Gasteiger partial charge in [0.15, 0.2) is 5.82 Å². The van der Waals surface area contributed by atoms with Gasteiger partial charge < -0.3 is 20.4 Å². The molecule has 2 heterocycles. The highest BCUT2D eigenvalue weighted by Crippen LogP contribution is 2.30. The van der Waals surface area contributed by atoms with Crippen LogP contribution in [0.15, 0.2) is 57.9 Å². The van der Waals surface area contributed by atoms with Gasteiger partial charge in [-0.2, -0.15) is 0 Å². The number of aromatic nitrogens is 2. The van der Waals surface area contributed by atoms with Crippen LogP contribution in [0.25, 0.3) is 10.9 Å². The summed E-state index contributed by atoms with van der Waals surface area (Å²) in [5.74, 6) is 0.259. The maximum Gasteiger partial charge on any atom is 0.287 e. The van der Waals surface area contributed by atoms with E-state index in [2.05, 4.69) is 43.1 Å². The number of aromatic amines is 1. The van der Waals surface area contributed by atoms with Crippen LogP contribution in [-0.2, 0) is 6.54 Å². The van der Waals surface area contributed by atoms with E-state index in [1.807, 2.05) is 18.2 Å². The molecular weight excluding hydrogens is 412 g/mol. The minimum Gasteiger partial charge on any atom is -0.485 e. The third kappa shape index (κ3) is 3.56. The van der Waals surface area contributed by atoms with Gasteiger partial charge >= 0.3 is 0 Å². The highest BCUT2D eigenvalue weighted by atomic mass is 79.9. The van der Waals surface area contributed by atoms with Crippen molar-refractivity contribution in [3.05, 3.63) is 74.9 Å². The molecule has 136 valence electrons. The van der Waals surface area contributed by atoms with Crippen LogP contribution >= 0.6 is 15.9 Å². The number of carbonyl (C=O) groups is 1. The fourth-order valence-corrected chi connectivity index (χ4v) is 3.15. The zero-order valence-corrected chi connectivity index (χ0v) is 15.7. The number of anilines is 1. The number of nitrogens with one attached hydrogen (secondary N) is 3. The number of nitrogens with zero attached hydrogens (tertiary/aromatic N) is 1. The lowest BCUT2D eigenvalue weighted by Crippen LogP contribution is -2.27. The standard InChI is InChI=1S/C19H15BrN4O3/c1-10-9-27-16-5-2-11(6-15(16)22-10)8-21-19(26)17-23-14-4-3-12(20)7-13(14)18(25)24-17/h2-7,22H,1,8-9H2,(H,21,26)(H,23,24,25). The minimum absolute atomic E-state index is 0.0254. The molecule has 0 saturated heterocycles. The molecule has 1 aromatic heterocycles. The average molecular weight is 427 g/mol. The lowest BCUT2D eigenvalue weighted by atomic mass is 10.1. The van der Waals surface area contributed by atoms with Crippen molar-refractivity contribution in [2.45, 2.75) is 6.54 Å². The third-order valence-electron chi connectivity index (χ3n) is 4.09. The van der Waals surface area contributed by atoms with E-state index < -0.39 is 5.91 Å². The molecule has 8 heteroatoms. The molecule has 0 fully saturated rings. The summed E-state index contributed by atoms with van der Waals surface area (Å²) >= 11 is 3.32. The van der Waals surface area contributed by atoms with Crippen LogP contribution in [-0.4, -0.2) is 22.5 Å². The maximum absolute atomic E-state index is 12.4. The topological polar surface area (TPSA) is 96.1 Å². The molecule has 4 rings (SSSR count). The Labute approximate surface area is 162 Å². The number of hydrogen-bond donors (Lipinski definition) is 3. The summed E-state index contributed by atoms with van der Waals surface area (Å²) in [4.78, 5) is 31.4. The van der Waals surface area contributed by atoms with Gasteiger partial charge in [0.1, 0.15) is 12.4 Å². The molecule has 7 nitrogen and oxygen atoms in total. The SMILES string of the molecule is C=C1COc2ccc(CNC(=O)c3nc4ccc(Br)cc4c(=O)[nH]3)cc2N1. The minimum atomic E-state index is -0.455. The molecule has 0 spiro atoms. The largest absolute Gasteiger partial charge is 0.485 e. The summed E-state index contributed by atoms with van der Waals surface area (Å²) in [7, 11) is 0. The molecule has 2 aromatic carbocycles. The Balaban J connectivity index is 1.52. The van der Waals surface area contributed by atoms with Crippen LogP contribution in [0.4, 0.5) is 5.69 Å². The normalized spacial score (nSPS) is 12.9. The van der Waals surface area contributed by atoms with Crippen molar-refractivity contribution >= 4 is 38.4 Å². The number of fused-ring (bicyclic) bond motifs is 2. The van der Waals surface area contributed by atoms with E-state index in [4.69, 9.17) is 4.74 Å². The van der Waals surface area contributed by atoms with Crippen LogP contribution in [0.5, 0.6) is 5.75 Å². The van der Waals surface area contributed by atoms with Crippen LogP contribution in [0.1, 0.15) is 16.2 Å². The average Bonchev–Trinajstić information content (AvgIpc) is 2.66. The Kier molecular flexibility index (Phi) is 4.41. The first-order valence-electron chi connectivity index (χ1n) is 8.18. The Hall–Kier alpha value is -3.13. The van der Waals surface area contributed by atoms with E-state index >= 15 is 0 Å². The summed E-state index contributed by atoms with van der Waals surface area (Å²) in [6, 6.07) is 10.7. The van der Waals surface area contributed by atoms with Gasteiger partial charge in [-0.15, -0.1) is 0 Å². The fourth-order valence-electron chi connectivity index (χ4n) is 2.79. The van der Waals surface area contributed by atoms with Gasteiger partial charge in [-0.05, 0) is 35.9 Å². The molecule has 0 bridgehead atoms. The molecule has 0 saturated carbocycles. The highest BCUT2D eigenvalue weighted by Gasteiger charge is 2.14. The van der Waals surface area contributed by atoms with Crippen LogP contribution < -0.4 is 20.9 Å². The molecule has 27 heavy (non-hydrogen) atoms. The van der Waals surface area contributed by atoms with Crippen molar-refractivity contribution in [1.82, 2.24) is 15.3 Å². The van der Waals surface area contributed by atoms with E-state index in [0.29, 0.717) is 17.5 Å². The van der Waals surface area contributed by atoms with E-state index in [0.717, 1.165) is 27.2 Å². The van der Waals surface area contributed by atoms with Crippen LogP contribution in [0.2, 0.25) is 0 Å². The molecule has 1 aliphatic heterocycles. The van der Waals surface area contributed by atoms with Crippen LogP contribution in [0.3, 0.4) is 0 Å². The van der Waals surface area contributed by atoms with Gasteiger partial charge in [0.25, 0.3) is 11.5 Å². The number of H-pyrrole nitrogens is 1. The molecule has 0 unspecified atom stereocenters. The van der Waals surface area contributed by atoms with Gasteiger partial charge in [-0.25, -0.2) is 4.98 Å². The lowest BCUT2D eigenvalue weighted by molar-refractivity contribution is 0.0940. The Morgan fingerprint density at radius 2 is 2.15 bits per heavy atom. The Morgan fingerprint density at radius 1 is 1.30 bits per heavy atom.